The number of rotatable bonds is 8. The molecule has 0 saturated heterocycles. The third-order valence-corrected chi connectivity index (χ3v) is 4.62. The molecule has 0 spiro atoms. The molecule has 0 radical (unpaired) electrons. The topological polar surface area (TPSA) is 75.6 Å². The molecule has 1 aromatic rings. The van der Waals surface area contributed by atoms with E-state index < -0.39 is 11.5 Å². The fourth-order valence-corrected chi connectivity index (χ4v) is 2.65. The summed E-state index contributed by atoms with van der Waals surface area (Å²) in [7, 11) is 1.59. The van der Waals surface area contributed by atoms with Crippen LogP contribution in [0.1, 0.15) is 27.2 Å². The van der Waals surface area contributed by atoms with Gasteiger partial charge in [0, 0.05) is 10.4 Å². The fourth-order valence-electron chi connectivity index (χ4n) is 1.90. The highest BCUT2D eigenvalue weighted by molar-refractivity contribution is 8.00. The maximum Gasteiger partial charge on any atom is 0.305 e. The standard InChI is InChI=1S/C16H23NO4S/c1-11(2)16(3,9-15(19)20)17-14(18)10-22-13-7-5-6-12(8-13)21-4/h5-8,11H,9-10H2,1-4H3,(H,17,18)(H,19,20). The van der Waals surface area contributed by atoms with E-state index in [-0.39, 0.29) is 24.0 Å². The predicted octanol–water partition coefficient (Wildman–Crippen LogP) is 2.79. The number of hydrogen-bond acceptors (Lipinski definition) is 4. The summed E-state index contributed by atoms with van der Waals surface area (Å²) in [6.45, 7) is 5.57. The summed E-state index contributed by atoms with van der Waals surface area (Å²) in [5, 5.41) is 11.9. The Kier molecular flexibility index (Phi) is 6.74. The highest BCUT2D eigenvalue weighted by atomic mass is 32.2. The Morgan fingerprint density at radius 3 is 2.64 bits per heavy atom. The van der Waals surface area contributed by atoms with Gasteiger partial charge in [0.15, 0.2) is 0 Å². The van der Waals surface area contributed by atoms with Crippen LogP contribution >= 0.6 is 11.8 Å². The van der Waals surface area contributed by atoms with E-state index in [4.69, 9.17) is 9.84 Å². The first kappa shape index (κ1) is 18.4. The molecule has 1 aromatic carbocycles. The van der Waals surface area contributed by atoms with Crippen molar-refractivity contribution < 1.29 is 19.4 Å². The third-order valence-electron chi connectivity index (χ3n) is 3.63. The minimum absolute atomic E-state index is 0.0226. The van der Waals surface area contributed by atoms with Crippen molar-refractivity contribution in [3.8, 4) is 5.75 Å². The van der Waals surface area contributed by atoms with Crippen molar-refractivity contribution in [2.24, 2.45) is 5.92 Å². The number of carbonyl (C=O) groups excluding carboxylic acids is 1. The lowest BCUT2D eigenvalue weighted by Crippen LogP contribution is -2.51. The number of aliphatic carboxylic acids is 1. The molecule has 1 atom stereocenters. The van der Waals surface area contributed by atoms with E-state index in [2.05, 4.69) is 5.32 Å². The van der Waals surface area contributed by atoms with E-state index >= 15 is 0 Å². The summed E-state index contributed by atoms with van der Waals surface area (Å²) in [6.07, 6.45) is -0.0970. The highest BCUT2D eigenvalue weighted by Crippen LogP contribution is 2.24. The van der Waals surface area contributed by atoms with Crippen molar-refractivity contribution in [2.45, 2.75) is 37.6 Å². The summed E-state index contributed by atoms with van der Waals surface area (Å²) >= 11 is 1.39. The molecule has 0 bridgehead atoms. The van der Waals surface area contributed by atoms with Gasteiger partial charge in [0.2, 0.25) is 5.91 Å². The minimum atomic E-state index is -0.919. The van der Waals surface area contributed by atoms with Gasteiger partial charge in [-0.25, -0.2) is 0 Å². The van der Waals surface area contributed by atoms with Crippen LogP contribution in [0.2, 0.25) is 0 Å². The molecule has 1 rings (SSSR count). The van der Waals surface area contributed by atoms with Gasteiger partial charge in [0.1, 0.15) is 5.75 Å². The molecule has 1 amide bonds. The second-order valence-electron chi connectivity index (χ2n) is 5.66. The smallest absolute Gasteiger partial charge is 0.305 e. The maximum atomic E-state index is 12.1. The summed E-state index contributed by atoms with van der Waals surface area (Å²) in [5.41, 5.74) is -0.752. The van der Waals surface area contributed by atoms with Gasteiger partial charge in [-0.05, 0) is 31.0 Å². The van der Waals surface area contributed by atoms with Gasteiger partial charge in [-0.3, -0.25) is 9.59 Å². The quantitative estimate of drug-likeness (QED) is 0.719. The number of benzene rings is 1. The van der Waals surface area contributed by atoms with Crippen LogP contribution in [0, 0.1) is 5.92 Å². The van der Waals surface area contributed by atoms with Crippen LogP contribution in [0.25, 0.3) is 0 Å². The van der Waals surface area contributed by atoms with Crippen LogP contribution in [0.3, 0.4) is 0 Å². The molecule has 0 aliphatic rings. The second-order valence-corrected chi connectivity index (χ2v) is 6.71. The molecule has 22 heavy (non-hydrogen) atoms. The van der Waals surface area contributed by atoms with Crippen molar-refractivity contribution in [3.63, 3.8) is 0 Å². The van der Waals surface area contributed by atoms with Crippen LogP contribution in [-0.2, 0) is 9.59 Å². The molecule has 2 N–H and O–H groups in total. The average Bonchev–Trinajstić information content (AvgIpc) is 2.44. The summed E-state index contributed by atoms with van der Waals surface area (Å²) < 4.78 is 5.14. The lowest BCUT2D eigenvalue weighted by atomic mass is 9.85. The first-order valence-corrected chi connectivity index (χ1v) is 8.05. The van der Waals surface area contributed by atoms with Crippen LogP contribution in [0.4, 0.5) is 0 Å². The fraction of sp³-hybridized carbons (Fsp3) is 0.500. The van der Waals surface area contributed by atoms with Gasteiger partial charge in [-0.1, -0.05) is 19.9 Å². The Labute approximate surface area is 135 Å². The molecule has 0 aromatic heterocycles. The van der Waals surface area contributed by atoms with E-state index in [0.717, 1.165) is 10.6 Å². The maximum absolute atomic E-state index is 12.1. The van der Waals surface area contributed by atoms with Gasteiger partial charge in [0.25, 0.3) is 0 Å². The van der Waals surface area contributed by atoms with Crippen LogP contribution in [-0.4, -0.2) is 35.4 Å². The molecular formula is C16H23NO4S. The van der Waals surface area contributed by atoms with Gasteiger partial charge < -0.3 is 15.2 Å². The Balaban J connectivity index is 2.62. The number of carboxylic acids is 1. The summed E-state index contributed by atoms with van der Waals surface area (Å²) in [5.74, 6) is -0.102. The summed E-state index contributed by atoms with van der Waals surface area (Å²) in [4.78, 5) is 24.0. The number of hydrogen-bond donors (Lipinski definition) is 2. The van der Waals surface area contributed by atoms with Gasteiger partial charge in [-0.2, -0.15) is 0 Å². The van der Waals surface area contributed by atoms with E-state index in [1.54, 1.807) is 14.0 Å². The molecular weight excluding hydrogens is 302 g/mol. The van der Waals surface area contributed by atoms with Gasteiger partial charge in [-0.15, -0.1) is 11.8 Å². The Bertz CT molecular complexity index is 533. The number of methoxy groups -OCH3 is 1. The largest absolute Gasteiger partial charge is 0.497 e. The van der Waals surface area contributed by atoms with Crippen molar-refractivity contribution in [3.05, 3.63) is 24.3 Å². The highest BCUT2D eigenvalue weighted by Gasteiger charge is 2.32. The molecule has 0 aliphatic carbocycles. The zero-order valence-corrected chi connectivity index (χ0v) is 14.2. The molecule has 5 nitrogen and oxygen atoms in total. The van der Waals surface area contributed by atoms with E-state index in [1.165, 1.54) is 11.8 Å². The Morgan fingerprint density at radius 2 is 2.09 bits per heavy atom. The first-order chi connectivity index (χ1) is 10.3. The van der Waals surface area contributed by atoms with E-state index in [1.807, 2.05) is 38.1 Å². The van der Waals surface area contributed by atoms with E-state index in [9.17, 15) is 9.59 Å². The third kappa shape index (κ3) is 5.60. The second kappa shape index (κ2) is 8.08. The van der Waals surface area contributed by atoms with Crippen LogP contribution in [0.5, 0.6) is 5.75 Å². The van der Waals surface area contributed by atoms with Crippen LogP contribution in [0.15, 0.2) is 29.2 Å². The number of ether oxygens (including phenoxy) is 1. The Morgan fingerprint density at radius 1 is 1.41 bits per heavy atom. The number of thioether (sulfide) groups is 1. The van der Waals surface area contributed by atoms with Crippen molar-refractivity contribution >= 4 is 23.6 Å². The molecule has 0 aliphatic heterocycles. The number of nitrogens with one attached hydrogen (secondary N) is 1. The number of amides is 1. The molecule has 1 unspecified atom stereocenters. The predicted molar refractivity (Wildman–Crippen MR) is 87.4 cm³/mol. The van der Waals surface area contributed by atoms with E-state index in [0.29, 0.717) is 0 Å². The first-order valence-electron chi connectivity index (χ1n) is 7.06. The lowest BCUT2D eigenvalue weighted by molar-refractivity contribution is -0.139. The average molecular weight is 325 g/mol. The zero-order valence-electron chi connectivity index (χ0n) is 13.4. The molecule has 6 heteroatoms. The molecule has 122 valence electrons. The zero-order chi connectivity index (χ0) is 16.8. The number of carbonyl (C=O) groups is 2. The monoisotopic (exact) mass is 325 g/mol. The SMILES string of the molecule is COc1cccc(SCC(=O)NC(C)(CC(=O)O)C(C)C)c1. The van der Waals surface area contributed by atoms with Crippen molar-refractivity contribution in [1.82, 2.24) is 5.32 Å². The normalized spacial score (nSPS) is 13.5. The lowest BCUT2D eigenvalue weighted by Gasteiger charge is -2.33. The molecule has 0 heterocycles. The number of carboxylic acid groups (broad SMARTS) is 1. The Hall–Kier alpha value is -1.69. The molecule has 0 saturated carbocycles. The van der Waals surface area contributed by atoms with Gasteiger partial charge in [0.05, 0.1) is 19.3 Å². The van der Waals surface area contributed by atoms with Crippen molar-refractivity contribution in [2.75, 3.05) is 12.9 Å². The van der Waals surface area contributed by atoms with Crippen LogP contribution < -0.4 is 10.1 Å². The van der Waals surface area contributed by atoms with Gasteiger partial charge >= 0.3 is 5.97 Å². The molecule has 0 fully saturated rings. The minimum Gasteiger partial charge on any atom is -0.497 e. The summed E-state index contributed by atoms with van der Waals surface area (Å²) in [6, 6.07) is 7.46. The van der Waals surface area contributed by atoms with Crippen molar-refractivity contribution in [1.29, 1.82) is 0 Å².